The van der Waals surface area contributed by atoms with Crippen LogP contribution in [0.1, 0.15) is 67.0 Å². The first-order chi connectivity index (χ1) is 32.6. The van der Waals surface area contributed by atoms with Gasteiger partial charge in [-0.2, -0.15) is 0 Å². The van der Waals surface area contributed by atoms with Gasteiger partial charge in [-0.05, 0) is 118 Å². The van der Waals surface area contributed by atoms with E-state index in [-0.39, 0.29) is 12.0 Å². The Kier molecular flexibility index (Phi) is 8.86. The highest BCUT2D eigenvalue weighted by Crippen LogP contribution is 2.63. The first-order valence-electron chi connectivity index (χ1n) is 23.5. The van der Waals surface area contributed by atoms with E-state index in [0.29, 0.717) is 0 Å². The van der Waals surface area contributed by atoms with Crippen molar-refractivity contribution < 1.29 is 4.42 Å². The van der Waals surface area contributed by atoms with E-state index < -0.39 is 5.41 Å². The highest BCUT2D eigenvalue weighted by Gasteiger charge is 2.51. The molecule has 0 fully saturated rings. The van der Waals surface area contributed by atoms with E-state index in [2.05, 4.69) is 219 Å². The highest BCUT2D eigenvalue weighted by atomic mass is 16.3. The van der Waals surface area contributed by atoms with Gasteiger partial charge in [-0.15, -0.1) is 0 Å². The largest absolute Gasteiger partial charge is 0.456 e. The number of rotatable bonds is 5. The van der Waals surface area contributed by atoms with Crippen LogP contribution in [0, 0.1) is 5.92 Å². The second kappa shape index (κ2) is 15.1. The third-order valence-electron chi connectivity index (χ3n) is 14.6. The molecule has 0 amide bonds. The van der Waals surface area contributed by atoms with Crippen molar-refractivity contribution in [3.05, 3.63) is 227 Å². The number of hydrogen-bond donors (Lipinski definition) is 0. The van der Waals surface area contributed by atoms with Gasteiger partial charge in [0.15, 0.2) is 0 Å². The lowest BCUT2D eigenvalue weighted by Crippen LogP contribution is -2.25. The second-order valence-electron chi connectivity index (χ2n) is 18.1. The van der Waals surface area contributed by atoms with Crippen LogP contribution >= 0.6 is 0 Å². The summed E-state index contributed by atoms with van der Waals surface area (Å²) in [5, 5.41) is 4.75. The molecule has 0 saturated heterocycles. The minimum atomic E-state index is -0.421. The third-order valence-corrected chi connectivity index (χ3v) is 14.6. The lowest BCUT2D eigenvalue weighted by Gasteiger charge is -2.30. The second-order valence-corrected chi connectivity index (χ2v) is 18.1. The molecule has 1 spiro atoms. The van der Waals surface area contributed by atoms with Crippen LogP contribution < -0.4 is 10.6 Å². The van der Waals surface area contributed by atoms with Crippen molar-refractivity contribution in [3.8, 4) is 33.4 Å². The fourth-order valence-electron chi connectivity index (χ4n) is 11.8. The van der Waals surface area contributed by atoms with Gasteiger partial charge in [0.1, 0.15) is 22.7 Å². The van der Waals surface area contributed by atoms with Gasteiger partial charge >= 0.3 is 0 Å². The molecule has 0 aliphatic heterocycles. The SMILES string of the molecule is CCC(N=C(N=C(C)n1c2ccccc2c2cc3c(cc21)-c1ccccc1C31c2ccccc2-c2ccccc21)C1C=c2oc3cccc(-c4ccccc4)c3c2=CCC1)c1ccccc1. The van der Waals surface area contributed by atoms with Crippen molar-refractivity contribution in [3.63, 3.8) is 0 Å². The normalized spacial score (nSPS) is 16.3. The molecule has 13 rings (SSSR count). The number of fused-ring (bicyclic) bond motifs is 16. The molecule has 2 aromatic heterocycles. The minimum Gasteiger partial charge on any atom is -0.456 e. The topological polar surface area (TPSA) is 42.8 Å². The molecule has 3 aliphatic rings. The first kappa shape index (κ1) is 38.6. The van der Waals surface area contributed by atoms with Crippen LogP contribution in [0.15, 0.2) is 202 Å². The zero-order valence-electron chi connectivity index (χ0n) is 37.1. The predicted molar refractivity (Wildman–Crippen MR) is 274 cm³/mol. The number of hydrogen-bond acceptors (Lipinski definition) is 2. The number of aliphatic imine (C=N–C) groups is 2. The minimum absolute atomic E-state index is 0.0514. The summed E-state index contributed by atoms with van der Waals surface area (Å²) in [5.41, 5.74) is 17.8. The van der Waals surface area contributed by atoms with E-state index in [9.17, 15) is 0 Å². The number of furan rings is 1. The summed E-state index contributed by atoms with van der Waals surface area (Å²) in [4.78, 5) is 11.3. The van der Waals surface area contributed by atoms with Gasteiger partial charge in [-0.25, -0.2) is 4.99 Å². The Hall–Kier alpha value is -7.82. The van der Waals surface area contributed by atoms with Crippen molar-refractivity contribution in [2.75, 3.05) is 0 Å². The average Bonchev–Trinajstić information content (AvgIpc) is 4.03. The molecule has 0 N–H and O–H groups in total. The monoisotopic (exact) mass is 849 g/mol. The van der Waals surface area contributed by atoms with Crippen molar-refractivity contribution in [1.82, 2.24) is 4.57 Å². The van der Waals surface area contributed by atoms with Gasteiger partial charge in [0.2, 0.25) is 0 Å². The molecule has 66 heavy (non-hydrogen) atoms. The molecule has 10 aromatic rings. The summed E-state index contributed by atoms with van der Waals surface area (Å²) in [7, 11) is 0. The van der Waals surface area contributed by atoms with Crippen molar-refractivity contribution in [2.45, 2.75) is 44.6 Å². The number of nitrogens with zero attached hydrogens (tertiary/aromatic N) is 3. The van der Waals surface area contributed by atoms with E-state index in [1.54, 1.807) is 0 Å². The highest BCUT2D eigenvalue weighted by molar-refractivity contribution is 6.17. The summed E-state index contributed by atoms with van der Waals surface area (Å²) < 4.78 is 9.17. The molecule has 4 nitrogen and oxygen atoms in total. The van der Waals surface area contributed by atoms with E-state index in [1.807, 2.05) is 0 Å². The van der Waals surface area contributed by atoms with Gasteiger partial charge in [-0.3, -0.25) is 9.56 Å². The van der Waals surface area contributed by atoms with Crippen LogP contribution in [0.4, 0.5) is 0 Å². The van der Waals surface area contributed by atoms with Crippen LogP contribution in [0.25, 0.3) is 78.3 Å². The summed E-state index contributed by atoms with van der Waals surface area (Å²) in [6.07, 6.45) is 7.25. The average molecular weight is 850 g/mol. The predicted octanol–water partition coefficient (Wildman–Crippen LogP) is 14.0. The van der Waals surface area contributed by atoms with E-state index in [0.717, 1.165) is 63.6 Å². The molecule has 2 unspecified atom stereocenters. The molecular weight excluding hydrogens is 803 g/mol. The number of para-hydroxylation sites is 1. The maximum absolute atomic E-state index is 6.78. The quantitative estimate of drug-likeness (QED) is 0.126. The molecule has 2 heterocycles. The Bertz CT molecular complexity index is 3730. The van der Waals surface area contributed by atoms with Crippen molar-refractivity contribution in [1.29, 1.82) is 0 Å². The van der Waals surface area contributed by atoms with Crippen molar-refractivity contribution in [2.24, 2.45) is 15.9 Å². The third kappa shape index (κ3) is 5.64. The molecular formula is C62H47N3O. The van der Waals surface area contributed by atoms with Crippen LogP contribution in [0.2, 0.25) is 0 Å². The van der Waals surface area contributed by atoms with Gasteiger partial charge in [0, 0.05) is 27.3 Å². The maximum Gasteiger partial charge on any atom is 0.136 e. The van der Waals surface area contributed by atoms with E-state index >= 15 is 0 Å². The van der Waals surface area contributed by atoms with Gasteiger partial charge < -0.3 is 4.42 Å². The van der Waals surface area contributed by atoms with Crippen LogP contribution in [-0.4, -0.2) is 16.2 Å². The van der Waals surface area contributed by atoms with Crippen LogP contribution in [-0.2, 0) is 5.41 Å². The van der Waals surface area contributed by atoms with Gasteiger partial charge in [0.25, 0.3) is 0 Å². The number of amidine groups is 1. The smallest absolute Gasteiger partial charge is 0.136 e. The Morgan fingerprint density at radius 3 is 1.95 bits per heavy atom. The van der Waals surface area contributed by atoms with Crippen molar-refractivity contribution >= 4 is 56.6 Å². The number of benzene rings is 8. The Labute approximate surface area is 384 Å². The molecule has 8 aromatic carbocycles. The molecule has 0 saturated carbocycles. The van der Waals surface area contributed by atoms with E-state index in [4.69, 9.17) is 14.4 Å². The Morgan fingerprint density at radius 2 is 1.24 bits per heavy atom. The fourth-order valence-corrected chi connectivity index (χ4v) is 11.8. The summed E-state index contributed by atoms with van der Waals surface area (Å²) in [6.45, 7) is 4.39. The lowest BCUT2D eigenvalue weighted by molar-refractivity contribution is 0.571. The Morgan fingerprint density at radius 1 is 0.621 bits per heavy atom. The molecule has 3 aliphatic carbocycles. The molecule has 0 bridgehead atoms. The fraction of sp³-hybridized carbons (Fsp3) is 0.129. The van der Waals surface area contributed by atoms with Crippen LogP contribution in [0.5, 0.6) is 0 Å². The molecule has 316 valence electrons. The lowest BCUT2D eigenvalue weighted by atomic mass is 9.70. The number of aromatic nitrogens is 1. The molecule has 2 atom stereocenters. The van der Waals surface area contributed by atoms with E-state index in [1.165, 1.54) is 72.0 Å². The zero-order valence-corrected chi connectivity index (χ0v) is 37.1. The maximum atomic E-state index is 6.78. The molecule has 4 heteroatoms. The molecule has 0 radical (unpaired) electrons. The summed E-state index contributed by atoms with van der Waals surface area (Å²) >= 11 is 0. The van der Waals surface area contributed by atoms with Gasteiger partial charge in [-0.1, -0.05) is 177 Å². The van der Waals surface area contributed by atoms with Crippen LogP contribution in [0.3, 0.4) is 0 Å². The summed E-state index contributed by atoms with van der Waals surface area (Å²) in [5.74, 6) is 1.63. The Balaban J connectivity index is 1.03. The first-order valence-corrected chi connectivity index (χ1v) is 23.5. The zero-order chi connectivity index (χ0) is 43.9. The summed E-state index contributed by atoms with van der Waals surface area (Å²) in [6, 6.07) is 68.6. The standard InChI is InChI=1S/C62H47N3O/c1-3-55(41-22-8-5-9-23-41)64-61(42-24-18-30-48-59(36-42)66-58-35-19-29-43(60(48)58)40-20-6-4-7-21-40)63-39(2)65-56-34-17-13-28-47(56)50-37-54-49(38-57(50)65)46-27-12-16-33-53(46)62(54)51-31-14-10-25-44(51)45-26-11-15-32-52(45)62/h4-17,19-23,25-38,42,55H,3,18,24H2,1-2H3. The van der Waals surface area contributed by atoms with Gasteiger partial charge in [0.05, 0.1) is 22.5 Å².